The van der Waals surface area contributed by atoms with E-state index >= 15 is 0 Å². The molecule has 0 saturated carbocycles. The number of aliphatic imine (C=N–C) groups is 1. The Balaban J connectivity index is 4.47. The van der Waals surface area contributed by atoms with Crippen LogP contribution in [0.2, 0.25) is 0 Å². The van der Waals surface area contributed by atoms with Gasteiger partial charge in [-0.05, 0) is 12.8 Å². The summed E-state index contributed by atoms with van der Waals surface area (Å²) in [7, 11) is 1.78. The van der Waals surface area contributed by atoms with E-state index in [1.54, 1.807) is 7.05 Å². The molecule has 0 rings (SSSR count). The summed E-state index contributed by atoms with van der Waals surface area (Å²) in [5.74, 6) is 1.33. The molecule has 0 fully saturated rings. The average molecular weight is 310 g/mol. The van der Waals surface area contributed by atoms with Gasteiger partial charge in [-0.15, -0.1) is 13.2 Å². The monoisotopic (exact) mass is 310 g/mol. The van der Waals surface area contributed by atoms with E-state index in [4.69, 9.17) is 4.74 Å². The molecule has 22 heavy (non-hydrogen) atoms. The van der Waals surface area contributed by atoms with E-state index in [0.29, 0.717) is 18.6 Å². The van der Waals surface area contributed by atoms with Crippen molar-refractivity contribution in [3.05, 3.63) is 25.3 Å². The Labute approximate surface area is 136 Å². The zero-order chi connectivity index (χ0) is 16.8. The third-order valence-corrected chi connectivity index (χ3v) is 3.41. The second-order valence-electron chi connectivity index (χ2n) is 5.42. The van der Waals surface area contributed by atoms with Crippen LogP contribution in [0.15, 0.2) is 30.3 Å². The lowest BCUT2D eigenvalue weighted by atomic mass is 10.0. The summed E-state index contributed by atoms with van der Waals surface area (Å²) in [5, 5.41) is 6.65. The fourth-order valence-corrected chi connectivity index (χ4v) is 2.27. The lowest BCUT2D eigenvalue weighted by molar-refractivity contribution is 0.152. The van der Waals surface area contributed by atoms with Gasteiger partial charge in [0.15, 0.2) is 5.96 Å². The van der Waals surface area contributed by atoms with Gasteiger partial charge < -0.3 is 15.4 Å². The summed E-state index contributed by atoms with van der Waals surface area (Å²) in [6.45, 7) is 18.9. The molecule has 0 saturated heterocycles. The predicted octanol–water partition coefficient (Wildman–Crippen LogP) is 1.89. The highest BCUT2D eigenvalue weighted by molar-refractivity contribution is 5.79. The van der Waals surface area contributed by atoms with E-state index in [2.05, 4.69) is 47.5 Å². The van der Waals surface area contributed by atoms with Crippen molar-refractivity contribution in [2.75, 3.05) is 46.4 Å². The van der Waals surface area contributed by atoms with Crippen molar-refractivity contribution in [2.24, 2.45) is 10.9 Å². The van der Waals surface area contributed by atoms with Crippen molar-refractivity contribution < 1.29 is 4.74 Å². The number of hydrogen-bond acceptors (Lipinski definition) is 3. The Bertz CT molecular complexity index is 319. The highest BCUT2D eigenvalue weighted by Gasteiger charge is 2.20. The third kappa shape index (κ3) is 8.85. The maximum atomic E-state index is 5.32. The zero-order valence-corrected chi connectivity index (χ0v) is 14.8. The van der Waals surface area contributed by atoms with Crippen LogP contribution in [-0.4, -0.2) is 63.3 Å². The number of guanidine groups is 1. The molecule has 0 spiro atoms. The first-order valence-corrected chi connectivity index (χ1v) is 8.08. The number of nitrogens with zero attached hydrogens (tertiary/aromatic N) is 2. The topological polar surface area (TPSA) is 48.9 Å². The molecule has 128 valence electrons. The van der Waals surface area contributed by atoms with Crippen LogP contribution in [0.1, 0.15) is 20.8 Å². The van der Waals surface area contributed by atoms with Gasteiger partial charge in [0.2, 0.25) is 0 Å². The van der Waals surface area contributed by atoms with Crippen molar-refractivity contribution in [3.63, 3.8) is 0 Å². The van der Waals surface area contributed by atoms with Crippen LogP contribution in [0.3, 0.4) is 0 Å². The van der Waals surface area contributed by atoms with Crippen molar-refractivity contribution >= 4 is 5.96 Å². The maximum absolute atomic E-state index is 5.32. The fraction of sp³-hybridized carbons (Fsp3) is 0.706. The molecule has 5 heteroatoms. The molecule has 1 atom stereocenters. The van der Waals surface area contributed by atoms with Gasteiger partial charge in [-0.3, -0.25) is 9.89 Å². The van der Waals surface area contributed by atoms with Gasteiger partial charge >= 0.3 is 0 Å². The molecule has 0 aliphatic heterocycles. The summed E-state index contributed by atoms with van der Waals surface area (Å²) < 4.78 is 5.32. The second kappa shape index (κ2) is 13.3. The molecule has 2 N–H and O–H groups in total. The third-order valence-electron chi connectivity index (χ3n) is 3.41. The Kier molecular flexibility index (Phi) is 12.5. The standard InChI is InChI=1S/C17H34N4O/c1-7-11-21(12-8-2)16(15(4)5)14-20-17(18-6)19-10-13-22-9-3/h7-8,15-16H,1-2,9-14H2,3-6H3,(H2,18,19,20). The SMILES string of the molecule is C=CCN(CC=C)C(CNC(=NC)NCCOCC)C(C)C. The van der Waals surface area contributed by atoms with Crippen molar-refractivity contribution in [1.82, 2.24) is 15.5 Å². The summed E-state index contributed by atoms with van der Waals surface area (Å²) in [6.07, 6.45) is 3.88. The molecule has 0 amide bonds. The van der Waals surface area contributed by atoms with Gasteiger partial charge in [0.05, 0.1) is 6.61 Å². The Hall–Kier alpha value is -1.33. The lowest BCUT2D eigenvalue weighted by Gasteiger charge is -2.33. The van der Waals surface area contributed by atoms with E-state index in [-0.39, 0.29) is 0 Å². The average Bonchev–Trinajstić information content (AvgIpc) is 2.49. The molecule has 5 nitrogen and oxygen atoms in total. The van der Waals surface area contributed by atoms with Crippen LogP contribution in [0.25, 0.3) is 0 Å². The fourth-order valence-electron chi connectivity index (χ4n) is 2.27. The Morgan fingerprint density at radius 1 is 1.23 bits per heavy atom. The normalized spacial score (nSPS) is 13.3. The highest BCUT2D eigenvalue weighted by Crippen LogP contribution is 2.10. The van der Waals surface area contributed by atoms with Crippen LogP contribution in [0.4, 0.5) is 0 Å². The molecule has 0 aromatic heterocycles. The van der Waals surface area contributed by atoms with Gasteiger partial charge in [0.25, 0.3) is 0 Å². The van der Waals surface area contributed by atoms with Crippen molar-refractivity contribution in [2.45, 2.75) is 26.8 Å². The first kappa shape index (κ1) is 20.7. The first-order valence-electron chi connectivity index (χ1n) is 8.08. The Morgan fingerprint density at radius 2 is 1.86 bits per heavy atom. The van der Waals surface area contributed by atoms with Crippen LogP contribution >= 0.6 is 0 Å². The maximum Gasteiger partial charge on any atom is 0.191 e. The minimum Gasteiger partial charge on any atom is -0.380 e. The number of hydrogen-bond donors (Lipinski definition) is 2. The molecule has 0 aliphatic carbocycles. The smallest absolute Gasteiger partial charge is 0.191 e. The van der Waals surface area contributed by atoms with E-state index in [1.807, 2.05) is 19.1 Å². The van der Waals surface area contributed by atoms with E-state index in [0.717, 1.165) is 38.7 Å². The van der Waals surface area contributed by atoms with Gasteiger partial charge in [-0.25, -0.2) is 0 Å². The molecule has 0 aliphatic rings. The van der Waals surface area contributed by atoms with Gasteiger partial charge in [0, 0.05) is 45.9 Å². The van der Waals surface area contributed by atoms with Crippen LogP contribution in [0, 0.1) is 5.92 Å². The highest BCUT2D eigenvalue weighted by atomic mass is 16.5. The van der Waals surface area contributed by atoms with E-state index in [9.17, 15) is 0 Å². The molecule has 0 aromatic rings. The number of ether oxygens (including phenoxy) is 1. The van der Waals surface area contributed by atoms with E-state index < -0.39 is 0 Å². The number of rotatable bonds is 12. The summed E-state index contributed by atoms with van der Waals surface area (Å²) >= 11 is 0. The lowest BCUT2D eigenvalue weighted by Crippen LogP contribution is -2.50. The summed E-state index contributed by atoms with van der Waals surface area (Å²) in [6, 6.07) is 0.390. The van der Waals surface area contributed by atoms with E-state index in [1.165, 1.54) is 0 Å². The van der Waals surface area contributed by atoms with Crippen LogP contribution in [0.5, 0.6) is 0 Å². The van der Waals surface area contributed by atoms with Crippen molar-refractivity contribution in [3.8, 4) is 0 Å². The minimum absolute atomic E-state index is 0.390. The van der Waals surface area contributed by atoms with Crippen molar-refractivity contribution in [1.29, 1.82) is 0 Å². The molecule has 0 aromatic carbocycles. The summed E-state index contributed by atoms with van der Waals surface area (Å²) in [5.41, 5.74) is 0. The quantitative estimate of drug-likeness (QED) is 0.250. The van der Waals surface area contributed by atoms with Gasteiger partial charge in [-0.2, -0.15) is 0 Å². The summed E-state index contributed by atoms with van der Waals surface area (Å²) in [4.78, 5) is 6.61. The zero-order valence-electron chi connectivity index (χ0n) is 14.8. The van der Waals surface area contributed by atoms with Crippen LogP contribution < -0.4 is 10.6 Å². The van der Waals surface area contributed by atoms with Crippen LogP contribution in [-0.2, 0) is 4.74 Å². The molecule has 0 heterocycles. The molecule has 0 bridgehead atoms. The molecular weight excluding hydrogens is 276 g/mol. The predicted molar refractivity (Wildman–Crippen MR) is 96.5 cm³/mol. The number of nitrogens with one attached hydrogen (secondary N) is 2. The second-order valence-corrected chi connectivity index (χ2v) is 5.42. The molecule has 0 radical (unpaired) electrons. The largest absolute Gasteiger partial charge is 0.380 e. The first-order chi connectivity index (χ1) is 10.6. The molecular formula is C17H34N4O. The minimum atomic E-state index is 0.390. The molecule has 1 unspecified atom stereocenters. The van der Waals surface area contributed by atoms with Gasteiger partial charge in [0.1, 0.15) is 0 Å². The Morgan fingerprint density at radius 3 is 2.32 bits per heavy atom. The van der Waals surface area contributed by atoms with Gasteiger partial charge in [-0.1, -0.05) is 26.0 Å².